The lowest BCUT2D eigenvalue weighted by Crippen LogP contribution is -2.62. The van der Waals surface area contributed by atoms with E-state index in [1.54, 1.807) is 25.1 Å². The topological polar surface area (TPSA) is 141 Å². The van der Waals surface area contributed by atoms with Crippen LogP contribution in [0.1, 0.15) is 61.9 Å². The molecule has 8 nitrogen and oxygen atoms in total. The Labute approximate surface area is 191 Å². The lowest BCUT2D eigenvalue weighted by Gasteiger charge is -2.50. The molecular formula is C25H28O8. The molecule has 3 aliphatic rings. The third-order valence-corrected chi connectivity index (χ3v) is 7.21. The van der Waals surface area contributed by atoms with Gasteiger partial charge in [0.15, 0.2) is 17.2 Å². The molecule has 0 saturated carbocycles. The van der Waals surface area contributed by atoms with E-state index in [1.807, 2.05) is 6.92 Å². The smallest absolute Gasteiger partial charge is 0.209 e. The average molecular weight is 456 g/mol. The minimum Gasteiger partial charge on any atom is -0.511 e. The molecule has 0 saturated heterocycles. The van der Waals surface area contributed by atoms with E-state index in [4.69, 9.17) is 4.74 Å². The summed E-state index contributed by atoms with van der Waals surface area (Å²) in [6.45, 7) is 5.24. The first-order valence-electron chi connectivity index (χ1n) is 11.2. The van der Waals surface area contributed by atoms with Crippen LogP contribution in [0.3, 0.4) is 0 Å². The summed E-state index contributed by atoms with van der Waals surface area (Å²) in [6.07, 6.45) is -0.144. The van der Waals surface area contributed by atoms with Gasteiger partial charge in [-0.2, -0.15) is 0 Å². The standard InChI is InChI=1S/C25H28O8/c1-4-5-9-33-16-8-6-7-13-11(2)17-20(22(29)19(13)16)24(31)25(32)14(21(17)28)10-15(27)18(12(3)26)23(25)30/h6-8,11,14,17,21,27-28,31-32H,4-5,9-10H2,1-3H3/t11-,14+,17+,21+,25+/m0/s1. The number of aliphatic hydroxyl groups is 4. The van der Waals surface area contributed by atoms with Crippen molar-refractivity contribution in [2.75, 3.05) is 6.61 Å². The number of rotatable bonds is 5. The van der Waals surface area contributed by atoms with Crippen molar-refractivity contribution in [2.45, 2.75) is 57.7 Å². The third kappa shape index (κ3) is 3.15. The van der Waals surface area contributed by atoms with E-state index in [0.717, 1.165) is 19.8 Å². The molecule has 3 aliphatic carbocycles. The van der Waals surface area contributed by atoms with Crippen LogP contribution >= 0.6 is 0 Å². The number of hydrogen-bond donors (Lipinski definition) is 4. The third-order valence-electron chi connectivity index (χ3n) is 7.21. The Kier molecular flexibility index (Phi) is 5.70. The Bertz CT molecular complexity index is 1110. The minimum absolute atomic E-state index is 0.224. The highest BCUT2D eigenvalue weighted by Crippen LogP contribution is 2.54. The zero-order valence-corrected chi connectivity index (χ0v) is 18.8. The largest absolute Gasteiger partial charge is 0.511 e. The summed E-state index contributed by atoms with van der Waals surface area (Å²) in [5, 5.41) is 44.1. The zero-order valence-electron chi connectivity index (χ0n) is 18.8. The number of hydrogen-bond acceptors (Lipinski definition) is 8. The Balaban J connectivity index is 1.91. The van der Waals surface area contributed by atoms with Gasteiger partial charge in [0, 0.05) is 23.8 Å². The molecule has 4 rings (SSSR count). The summed E-state index contributed by atoms with van der Waals surface area (Å²) in [4.78, 5) is 38.7. The van der Waals surface area contributed by atoms with E-state index in [1.165, 1.54) is 0 Å². The predicted octanol–water partition coefficient (Wildman–Crippen LogP) is 2.69. The molecule has 0 bridgehead atoms. The second-order valence-electron chi connectivity index (χ2n) is 9.10. The normalized spacial score (nSPS) is 31.2. The lowest BCUT2D eigenvalue weighted by molar-refractivity contribution is -0.154. The summed E-state index contributed by atoms with van der Waals surface area (Å²) >= 11 is 0. The Hall–Kier alpha value is -2.97. The molecule has 176 valence electrons. The molecule has 33 heavy (non-hydrogen) atoms. The molecule has 0 aliphatic heterocycles. The second kappa shape index (κ2) is 8.11. The number of carbonyl (C=O) groups excluding carboxylic acids is 3. The number of aliphatic hydroxyl groups excluding tert-OH is 3. The summed E-state index contributed by atoms with van der Waals surface area (Å²) in [6, 6.07) is 5.15. The van der Waals surface area contributed by atoms with Crippen molar-refractivity contribution >= 4 is 17.3 Å². The molecule has 5 atom stereocenters. The quantitative estimate of drug-likeness (QED) is 0.391. The minimum atomic E-state index is -2.69. The first kappa shape index (κ1) is 23.2. The van der Waals surface area contributed by atoms with Crippen molar-refractivity contribution in [3.8, 4) is 5.75 Å². The molecule has 4 N–H and O–H groups in total. The van der Waals surface area contributed by atoms with Crippen LogP contribution in [0.5, 0.6) is 5.75 Å². The number of unbranched alkanes of at least 4 members (excludes halogenated alkanes) is 1. The summed E-state index contributed by atoms with van der Waals surface area (Å²) in [5.74, 6) is -6.41. The monoisotopic (exact) mass is 456 g/mol. The summed E-state index contributed by atoms with van der Waals surface area (Å²) < 4.78 is 5.82. The van der Waals surface area contributed by atoms with Crippen molar-refractivity contribution in [3.63, 3.8) is 0 Å². The van der Waals surface area contributed by atoms with Gasteiger partial charge < -0.3 is 25.2 Å². The van der Waals surface area contributed by atoms with E-state index in [-0.39, 0.29) is 17.6 Å². The summed E-state index contributed by atoms with van der Waals surface area (Å²) in [5.41, 5.74) is -2.73. The molecule has 0 amide bonds. The Morgan fingerprint density at radius 1 is 1.24 bits per heavy atom. The van der Waals surface area contributed by atoms with Crippen molar-refractivity contribution < 1.29 is 39.5 Å². The van der Waals surface area contributed by atoms with Crippen molar-refractivity contribution in [1.29, 1.82) is 0 Å². The van der Waals surface area contributed by atoms with Crippen LogP contribution in [-0.4, -0.2) is 56.1 Å². The molecule has 0 unspecified atom stereocenters. The van der Waals surface area contributed by atoms with Crippen LogP contribution in [0.4, 0.5) is 0 Å². The molecule has 0 heterocycles. The summed E-state index contributed by atoms with van der Waals surface area (Å²) in [7, 11) is 0. The maximum Gasteiger partial charge on any atom is 0.209 e. The van der Waals surface area contributed by atoms with Crippen molar-refractivity contribution in [1.82, 2.24) is 0 Å². The van der Waals surface area contributed by atoms with Crippen molar-refractivity contribution in [2.24, 2.45) is 11.8 Å². The van der Waals surface area contributed by atoms with E-state index < -0.39 is 63.9 Å². The zero-order chi connectivity index (χ0) is 24.2. The first-order valence-corrected chi connectivity index (χ1v) is 11.2. The number of Topliss-reactive ketones (excluding diaryl/α,β-unsaturated/α-hetero) is 3. The van der Waals surface area contributed by atoms with Gasteiger partial charge in [-0.3, -0.25) is 14.4 Å². The van der Waals surface area contributed by atoms with Crippen LogP contribution in [0.15, 0.2) is 40.9 Å². The van der Waals surface area contributed by atoms with Gasteiger partial charge in [-0.25, -0.2) is 0 Å². The Morgan fingerprint density at radius 3 is 2.58 bits per heavy atom. The molecule has 1 aromatic rings. The van der Waals surface area contributed by atoms with Gasteiger partial charge in [-0.15, -0.1) is 0 Å². The Morgan fingerprint density at radius 2 is 1.94 bits per heavy atom. The fourth-order valence-electron chi connectivity index (χ4n) is 5.50. The van der Waals surface area contributed by atoms with Crippen LogP contribution in [0.25, 0.3) is 0 Å². The van der Waals surface area contributed by atoms with Gasteiger partial charge in [0.1, 0.15) is 22.8 Å². The van der Waals surface area contributed by atoms with Crippen LogP contribution in [-0.2, 0) is 9.59 Å². The number of allylic oxidation sites excluding steroid dienone is 1. The maximum absolute atomic E-state index is 13.6. The number of carbonyl (C=O) groups is 3. The van der Waals surface area contributed by atoms with Crippen LogP contribution < -0.4 is 4.74 Å². The highest BCUT2D eigenvalue weighted by molar-refractivity contribution is 6.25. The fourth-order valence-corrected chi connectivity index (χ4v) is 5.50. The van der Waals surface area contributed by atoms with Gasteiger partial charge in [-0.05, 0) is 30.9 Å². The van der Waals surface area contributed by atoms with Gasteiger partial charge in [0.2, 0.25) is 5.78 Å². The van der Waals surface area contributed by atoms with E-state index in [0.29, 0.717) is 17.9 Å². The van der Waals surface area contributed by atoms with E-state index >= 15 is 0 Å². The van der Waals surface area contributed by atoms with E-state index in [2.05, 4.69) is 0 Å². The first-order chi connectivity index (χ1) is 15.6. The lowest BCUT2D eigenvalue weighted by atomic mass is 9.56. The molecule has 0 aromatic heterocycles. The van der Waals surface area contributed by atoms with Gasteiger partial charge >= 0.3 is 0 Å². The van der Waals surface area contributed by atoms with Crippen LogP contribution in [0.2, 0.25) is 0 Å². The van der Waals surface area contributed by atoms with Crippen molar-refractivity contribution in [3.05, 3.63) is 52.0 Å². The molecular weight excluding hydrogens is 428 g/mol. The number of ether oxygens (including phenoxy) is 1. The molecule has 1 aromatic carbocycles. The van der Waals surface area contributed by atoms with Gasteiger partial charge in [0.05, 0.1) is 18.3 Å². The number of fused-ring (bicyclic) bond motifs is 3. The van der Waals surface area contributed by atoms with E-state index in [9.17, 15) is 34.8 Å². The predicted molar refractivity (Wildman–Crippen MR) is 117 cm³/mol. The molecule has 0 fully saturated rings. The maximum atomic E-state index is 13.6. The highest BCUT2D eigenvalue weighted by atomic mass is 16.5. The molecule has 0 radical (unpaired) electrons. The SMILES string of the molecule is CCCCOc1cccc2c1C(=O)C1=C(O)[C@]3(O)C(=O)C(C(C)=O)=C(O)C[C@@H]3[C@@H](O)[C@@H]1[C@H]2C. The average Bonchev–Trinajstić information content (AvgIpc) is 2.76. The second-order valence-corrected chi connectivity index (χ2v) is 9.10. The fraction of sp³-hybridized carbons (Fsp3) is 0.480. The molecule has 0 spiro atoms. The highest BCUT2D eigenvalue weighted by Gasteiger charge is 2.63. The van der Waals surface area contributed by atoms with Gasteiger partial charge in [0.25, 0.3) is 0 Å². The van der Waals surface area contributed by atoms with Gasteiger partial charge in [-0.1, -0.05) is 32.4 Å². The number of ketones is 3. The number of benzene rings is 1. The van der Waals surface area contributed by atoms with Crippen LogP contribution in [0, 0.1) is 11.8 Å². The molecule has 8 heteroatoms.